The fourth-order valence-corrected chi connectivity index (χ4v) is 5.07. The Bertz CT molecular complexity index is 528. The van der Waals surface area contributed by atoms with Crippen molar-refractivity contribution in [2.75, 3.05) is 0 Å². The third kappa shape index (κ3) is 3.28. The summed E-state index contributed by atoms with van der Waals surface area (Å²) < 4.78 is 0.877. The van der Waals surface area contributed by atoms with E-state index in [2.05, 4.69) is 35.8 Å². The molecule has 0 spiro atoms. The first-order chi connectivity index (χ1) is 9.74. The molecule has 0 saturated heterocycles. The van der Waals surface area contributed by atoms with E-state index in [0.717, 1.165) is 10.3 Å². The van der Waals surface area contributed by atoms with Crippen LogP contribution < -0.4 is 5.32 Å². The molecule has 20 heavy (non-hydrogen) atoms. The van der Waals surface area contributed by atoms with E-state index in [1.165, 1.54) is 35.4 Å². The lowest BCUT2D eigenvalue weighted by Crippen LogP contribution is -2.28. The van der Waals surface area contributed by atoms with E-state index < -0.39 is 0 Å². The van der Waals surface area contributed by atoms with Crippen LogP contribution >= 0.6 is 34.3 Å². The van der Waals surface area contributed by atoms with E-state index in [0.29, 0.717) is 12.1 Å². The molecule has 2 heterocycles. The second-order valence-corrected chi connectivity index (χ2v) is 8.29. The molecule has 2 unspecified atom stereocenters. The Morgan fingerprint density at radius 3 is 2.60 bits per heavy atom. The summed E-state index contributed by atoms with van der Waals surface area (Å²) >= 11 is 9.62. The first-order valence-corrected chi connectivity index (χ1v) is 9.36. The van der Waals surface area contributed by atoms with Crippen molar-refractivity contribution >= 4 is 34.3 Å². The summed E-state index contributed by atoms with van der Waals surface area (Å²) in [4.78, 5) is 2.81. The van der Waals surface area contributed by atoms with Gasteiger partial charge in [0.2, 0.25) is 0 Å². The normalized spacial score (nSPS) is 19.3. The summed E-state index contributed by atoms with van der Waals surface area (Å²) in [6.07, 6.45) is 5.47. The number of halogens is 1. The highest BCUT2D eigenvalue weighted by Crippen LogP contribution is 2.39. The smallest absolute Gasteiger partial charge is 0.0931 e. The molecule has 108 valence electrons. The average Bonchev–Trinajstić information content (AvgIpc) is 3.17. The molecule has 0 bridgehead atoms. The number of hydrogen-bond acceptors (Lipinski definition) is 3. The molecule has 4 heteroatoms. The van der Waals surface area contributed by atoms with Crippen LogP contribution in [0.2, 0.25) is 4.34 Å². The van der Waals surface area contributed by atoms with Gasteiger partial charge in [0, 0.05) is 21.8 Å². The Hall–Kier alpha value is -0.350. The van der Waals surface area contributed by atoms with Crippen molar-refractivity contribution in [3.63, 3.8) is 0 Å². The highest BCUT2D eigenvalue weighted by Gasteiger charge is 2.28. The van der Waals surface area contributed by atoms with Gasteiger partial charge in [-0.1, -0.05) is 30.5 Å². The summed E-state index contributed by atoms with van der Waals surface area (Å²) in [6.45, 7) is 2.25. The third-order valence-electron chi connectivity index (χ3n) is 4.17. The minimum absolute atomic E-state index is 0.361. The quantitative estimate of drug-likeness (QED) is 0.706. The third-order valence-corrected chi connectivity index (χ3v) is 6.54. The van der Waals surface area contributed by atoms with Gasteiger partial charge in [-0.2, -0.15) is 0 Å². The molecule has 1 aliphatic carbocycles. The number of hydrogen-bond donors (Lipinski definition) is 1. The average molecular weight is 326 g/mol. The summed E-state index contributed by atoms with van der Waals surface area (Å²) in [5, 5.41) is 6.04. The molecule has 2 aromatic heterocycles. The van der Waals surface area contributed by atoms with E-state index >= 15 is 0 Å². The number of thiophene rings is 2. The van der Waals surface area contributed by atoms with Gasteiger partial charge < -0.3 is 5.32 Å². The molecule has 0 amide bonds. The standard InChI is InChI=1S/C16H20ClNS2/c1-11(13-8-9-15(17)20-13)18-16(12-5-2-3-6-12)14-7-4-10-19-14/h4,7-12,16,18H,2-3,5-6H2,1H3. The van der Waals surface area contributed by atoms with E-state index in [1.807, 2.05) is 17.4 Å². The molecule has 1 aliphatic rings. The zero-order chi connectivity index (χ0) is 13.9. The van der Waals surface area contributed by atoms with Crippen LogP contribution in [0.3, 0.4) is 0 Å². The zero-order valence-electron chi connectivity index (χ0n) is 11.6. The Kier molecular flexibility index (Phi) is 4.82. The summed E-state index contributed by atoms with van der Waals surface area (Å²) in [7, 11) is 0. The van der Waals surface area contributed by atoms with Crippen LogP contribution in [-0.2, 0) is 0 Å². The highest BCUT2D eigenvalue weighted by molar-refractivity contribution is 7.16. The second-order valence-electron chi connectivity index (χ2n) is 5.57. The lowest BCUT2D eigenvalue weighted by atomic mass is 9.96. The molecular formula is C16H20ClNS2. The fourth-order valence-electron chi connectivity index (χ4n) is 3.12. The molecule has 1 nitrogen and oxygen atoms in total. The first-order valence-electron chi connectivity index (χ1n) is 7.28. The Labute approximate surface area is 134 Å². The van der Waals surface area contributed by atoms with Gasteiger partial charge in [0.1, 0.15) is 0 Å². The summed E-state index contributed by atoms with van der Waals surface area (Å²) in [5.74, 6) is 0.784. The SMILES string of the molecule is CC(NC(c1cccs1)C1CCCC1)c1ccc(Cl)s1. The minimum Gasteiger partial charge on any atom is -0.302 e. The van der Waals surface area contributed by atoms with Gasteiger partial charge in [-0.15, -0.1) is 22.7 Å². The maximum atomic E-state index is 6.06. The summed E-state index contributed by atoms with van der Waals surface area (Å²) in [5.41, 5.74) is 0. The molecule has 2 aromatic rings. The highest BCUT2D eigenvalue weighted by atomic mass is 35.5. The predicted octanol–water partition coefficient (Wildman–Crippen LogP) is 6.05. The topological polar surface area (TPSA) is 12.0 Å². The van der Waals surface area contributed by atoms with Crippen LogP contribution in [0.4, 0.5) is 0 Å². The van der Waals surface area contributed by atoms with Crippen molar-refractivity contribution in [3.8, 4) is 0 Å². The largest absolute Gasteiger partial charge is 0.302 e. The molecular weight excluding hydrogens is 306 g/mol. The van der Waals surface area contributed by atoms with E-state index in [-0.39, 0.29) is 0 Å². The van der Waals surface area contributed by atoms with Crippen LogP contribution in [-0.4, -0.2) is 0 Å². The predicted molar refractivity (Wildman–Crippen MR) is 89.9 cm³/mol. The van der Waals surface area contributed by atoms with Crippen molar-refractivity contribution < 1.29 is 0 Å². The van der Waals surface area contributed by atoms with Gasteiger partial charge in [-0.25, -0.2) is 0 Å². The van der Waals surface area contributed by atoms with Gasteiger partial charge in [0.05, 0.1) is 4.34 Å². The molecule has 0 aromatic carbocycles. The van der Waals surface area contributed by atoms with Crippen LogP contribution in [0.15, 0.2) is 29.6 Å². The molecule has 1 saturated carbocycles. The Morgan fingerprint density at radius 2 is 2.00 bits per heavy atom. The van der Waals surface area contributed by atoms with Crippen LogP contribution in [0, 0.1) is 5.92 Å². The molecule has 0 radical (unpaired) electrons. The molecule has 1 fully saturated rings. The Morgan fingerprint density at radius 1 is 1.20 bits per heavy atom. The maximum absolute atomic E-state index is 6.06. The second kappa shape index (κ2) is 6.61. The Balaban J connectivity index is 1.76. The van der Waals surface area contributed by atoms with E-state index in [9.17, 15) is 0 Å². The fraction of sp³-hybridized carbons (Fsp3) is 0.500. The van der Waals surface area contributed by atoms with Crippen LogP contribution in [0.25, 0.3) is 0 Å². The number of nitrogens with one attached hydrogen (secondary N) is 1. The van der Waals surface area contributed by atoms with Gasteiger partial charge in [0.15, 0.2) is 0 Å². The monoisotopic (exact) mass is 325 g/mol. The van der Waals surface area contributed by atoms with Crippen molar-refractivity contribution in [1.82, 2.24) is 5.32 Å². The van der Waals surface area contributed by atoms with Crippen molar-refractivity contribution in [3.05, 3.63) is 43.7 Å². The summed E-state index contributed by atoms with van der Waals surface area (Å²) in [6, 6.07) is 9.43. The van der Waals surface area contributed by atoms with Gasteiger partial charge in [0.25, 0.3) is 0 Å². The first kappa shape index (κ1) is 14.6. The maximum Gasteiger partial charge on any atom is 0.0931 e. The van der Waals surface area contributed by atoms with Crippen molar-refractivity contribution in [2.45, 2.75) is 44.7 Å². The zero-order valence-corrected chi connectivity index (χ0v) is 14.0. The van der Waals surface area contributed by atoms with Crippen molar-refractivity contribution in [2.24, 2.45) is 5.92 Å². The van der Waals surface area contributed by atoms with Gasteiger partial charge >= 0.3 is 0 Å². The lowest BCUT2D eigenvalue weighted by Gasteiger charge is -2.27. The van der Waals surface area contributed by atoms with E-state index in [4.69, 9.17) is 11.6 Å². The lowest BCUT2D eigenvalue weighted by molar-refractivity contribution is 0.345. The molecule has 0 aliphatic heterocycles. The molecule has 3 rings (SSSR count). The van der Waals surface area contributed by atoms with Gasteiger partial charge in [-0.05, 0) is 49.3 Å². The van der Waals surface area contributed by atoms with Gasteiger partial charge in [-0.3, -0.25) is 0 Å². The minimum atomic E-state index is 0.361. The van der Waals surface area contributed by atoms with E-state index in [1.54, 1.807) is 11.3 Å². The van der Waals surface area contributed by atoms with Crippen LogP contribution in [0.5, 0.6) is 0 Å². The van der Waals surface area contributed by atoms with Crippen LogP contribution in [0.1, 0.15) is 54.4 Å². The number of rotatable bonds is 5. The molecule has 1 N–H and O–H groups in total. The van der Waals surface area contributed by atoms with Crippen molar-refractivity contribution in [1.29, 1.82) is 0 Å². The molecule has 2 atom stereocenters.